The Labute approximate surface area is 148 Å². The first-order valence-electron chi connectivity index (χ1n) is 8.75. The van der Waals surface area contributed by atoms with Crippen LogP contribution in [0, 0.1) is 19.8 Å². The molecule has 0 saturated heterocycles. The number of aryl methyl sites for hydroxylation is 2. The van der Waals surface area contributed by atoms with E-state index in [4.69, 9.17) is 0 Å². The first kappa shape index (κ1) is 17.2. The third-order valence-corrected chi connectivity index (χ3v) is 4.66. The van der Waals surface area contributed by atoms with Crippen molar-refractivity contribution in [3.63, 3.8) is 0 Å². The molecule has 3 aromatic rings. The zero-order valence-corrected chi connectivity index (χ0v) is 15.3. The second-order valence-corrected chi connectivity index (χ2v) is 6.85. The molecule has 0 spiro atoms. The van der Waals surface area contributed by atoms with E-state index in [1.165, 1.54) is 5.56 Å². The number of para-hydroxylation sites is 2. The maximum absolute atomic E-state index is 13.0. The molecule has 0 unspecified atom stereocenters. The fourth-order valence-electron chi connectivity index (χ4n) is 3.33. The highest BCUT2D eigenvalue weighted by Gasteiger charge is 2.27. The fraction of sp³-hybridized carbons (Fsp3) is 0.333. The zero-order chi connectivity index (χ0) is 18.0. The number of nitrogens with zero attached hydrogens (tertiary/aromatic N) is 2. The highest BCUT2D eigenvalue weighted by atomic mass is 16.2. The van der Waals surface area contributed by atoms with E-state index < -0.39 is 0 Å². The van der Waals surface area contributed by atoms with Gasteiger partial charge in [-0.05, 0) is 43.0 Å². The smallest absolute Gasteiger partial charge is 0.243 e. The third kappa shape index (κ3) is 3.43. The van der Waals surface area contributed by atoms with Crippen LogP contribution in [0.1, 0.15) is 36.8 Å². The summed E-state index contributed by atoms with van der Waals surface area (Å²) in [5.41, 5.74) is 4.26. The number of hydrogen-bond acceptors (Lipinski definition) is 2. The van der Waals surface area contributed by atoms with Gasteiger partial charge in [0.15, 0.2) is 0 Å². The van der Waals surface area contributed by atoms with E-state index >= 15 is 0 Å². The highest BCUT2D eigenvalue weighted by molar-refractivity contribution is 5.84. The van der Waals surface area contributed by atoms with E-state index in [0.29, 0.717) is 6.54 Å². The molecule has 0 saturated carbocycles. The number of amides is 1. The fourth-order valence-corrected chi connectivity index (χ4v) is 3.33. The van der Waals surface area contributed by atoms with Crippen molar-refractivity contribution in [3.8, 4) is 0 Å². The lowest BCUT2D eigenvalue weighted by Gasteiger charge is -2.24. The largest absolute Gasteiger partial charge is 0.350 e. The first-order valence-corrected chi connectivity index (χ1v) is 8.75. The number of benzene rings is 2. The average Bonchev–Trinajstić information content (AvgIpc) is 2.90. The number of aromatic nitrogens is 2. The molecule has 130 valence electrons. The van der Waals surface area contributed by atoms with Gasteiger partial charge in [-0.2, -0.15) is 0 Å². The molecule has 3 rings (SSSR count). The van der Waals surface area contributed by atoms with Crippen molar-refractivity contribution in [2.75, 3.05) is 0 Å². The van der Waals surface area contributed by atoms with E-state index in [0.717, 1.165) is 22.4 Å². The molecule has 2 aromatic carbocycles. The number of carbonyl (C=O) groups excluding carboxylic acids is 1. The second-order valence-electron chi connectivity index (χ2n) is 6.85. The molecule has 1 heterocycles. The zero-order valence-electron chi connectivity index (χ0n) is 15.3. The number of nitrogens with one attached hydrogen (secondary N) is 1. The normalized spacial score (nSPS) is 12.5. The van der Waals surface area contributed by atoms with Crippen LogP contribution in [0.2, 0.25) is 0 Å². The van der Waals surface area contributed by atoms with E-state index in [9.17, 15) is 4.79 Å². The Morgan fingerprint density at radius 1 is 1.08 bits per heavy atom. The van der Waals surface area contributed by atoms with Gasteiger partial charge in [0.25, 0.3) is 0 Å². The minimum Gasteiger partial charge on any atom is -0.350 e. The van der Waals surface area contributed by atoms with Crippen LogP contribution in [-0.4, -0.2) is 15.5 Å². The Hall–Kier alpha value is -2.62. The molecule has 0 bridgehead atoms. The lowest BCUT2D eigenvalue weighted by atomic mass is 10.0. The number of imidazole rings is 1. The number of rotatable bonds is 5. The van der Waals surface area contributed by atoms with Gasteiger partial charge in [0, 0.05) is 6.54 Å². The summed E-state index contributed by atoms with van der Waals surface area (Å²) in [5, 5.41) is 3.11. The number of carbonyl (C=O) groups is 1. The third-order valence-electron chi connectivity index (χ3n) is 4.66. The maximum atomic E-state index is 13.0. The van der Waals surface area contributed by atoms with Gasteiger partial charge >= 0.3 is 0 Å². The van der Waals surface area contributed by atoms with E-state index in [1.54, 1.807) is 0 Å². The molecule has 1 amide bonds. The van der Waals surface area contributed by atoms with Crippen LogP contribution in [0.25, 0.3) is 11.0 Å². The molecule has 4 heteroatoms. The second kappa shape index (κ2) is 7.09. The van der Waals surface area contributed by atoms with Gasteiger partial charge in [0.1, 0.15) is 11.9 Å². The molecule has 4 nitrogen and oxygen atoms in total. The van der Waals surface area contributed by atoms with Gasteiger partial charge in [-0.1, -0.05) is 50.2 Å². The van der Waals surface area contributed by atoms with Crippen molar-refractivity contribution in [2.45, 2.75) is 40.3 Å². The van der Waals surface area contributed by atoms with Crippen LogP contribution in [0.4, 0.5) is 0 Å². The molecule has 0 radical (unpaired) electrons. The highest BCUT2D eigenvalue weighted by Crippen LogP contribution is 2.26. The van der Waals surface area contributed by atoms with Crippen molar-refractivity contribution < 1.29 is 4.79 Å². The van der Waals surface area contributed by atoms with Crippen molar-refractivity contribution in [1.82, 2.24) is 14.9 Å². The lowest BCUT2D eigenvalue weighted by molar-refractivity contribution is -0.125. The Bertz CT molecular complexity index is 895. The molecule has 0 aliphatic rings. The van der Waals surface area contributed by atoms with Crippen molar-refractivity contribution in [3.05, 3.63) is 65.5 Å². The summed E-state index contributed by atoms with van der Waals surface area (Å²) in [7, 11) is 0. The molecular formula is C21H25N3O. The first-order chi connectivity index (χ1) is 12.0. The van der Waals surface area contributed by atoms with Gasteiger partial charge in [0.2, 0.25) is 5.91 Å². The Kier molecular flexibility index (Phi) is 4.88. The molecule has 0 fully saturated rings. The number of hydrogen-bond donors (Lipinski definition) is 1. The summed E-state index contributed by atoms with van der Waals surface area (Å²) >= 11 is 0. The van der Waals surface area contributed by atoms with Gasteiger partial charge < -0.3 is 9.88 Å². The Morgan fingerprint density at radius 2 is 1.76 bits per heavy atom. The summed E-state index contributed by atoms with van der Waals surface area (Å²) in [6, 6.07) is 15.8. The SMILES string of the molecule is Cc1ccccc1CNC(=O)[C@@H](C(C)C)n1c(C)nc2ccccc21. The quantitative estimate of drug-likeness (QED) is 0.761. The topological polar surface area (TPSA) is 46.9 Å². The molecule has 0 aliphatic heterocycles. The van der Waals surface area contributed by atoms with E-state index in [-0.39, 0.29) is 17.9 Å². The summed E-state index contributed by atoms with van der Waals surface area (Å²) in [6.45, 7) is 8.72. The van der Waals surface area contributed by atoms with Crippen LogP contribution in [0.3, 0.4) is 0 Å². The van der Waals surface area contributed by atoms with E-state index in [2.05, 4.69) is 47.8 Å². The summed E-state index contributed by atoms with van der Waals surface area (Å²) < 4.78 is 2.06. The van der Waals surface area contributed by atoms with Crippen LogP contribution in [0.15, 0.2) is 48.5 Å². The van der Waals surface area contributed by atoms with Crippen LogP contribution in [0.5, 0.6) is 0 Å². The summed E-state index contributed by atoms with van der Waals surface area (Å²) in [5.74, 6) is 1.06. The average molecular weight is 335 g/mol. The van der Waals surface area contributed by atoms with Crippen LogP contribution >= 0.6 is 0 Å². The minimum absolute atomic E-state index is 0.0320. The molecule has 1 aromatic heterocycles. The monoisotopic (exact) mass is 335 g/mol. The van der Waals surface area contributed by atoms with E-state index in [1.807, 2.05) is 43.3 Å². The molecule has 1 atom stereocenters. The van der Waals surface area contributed by atoms with Gasteiger partial charge in [-0.15, -0.1) is 0 Å². The van der Waals surface area contributed by atoms with Crippen molar-refractivity contribution >= 4 is 16.9 Å². The Morgan fingerprint density at radius 3 is 2.48 bits per heavy atom. The summed E-state index contributed by atoms with van der Waals surface area (Å²) in [4.78, 5) is 17.6. The lowest BCUT2D eigenvalue weighted by Crippen LogP contribution is -2.35. The van der Waals surface area contributed by atoms with Gasteiger partial charge in [-0.3, -0.25) is 4.79 Å². The molecular weight excluding hydrogens is 310 g/mol. The van der Waals surface area contributed by atoms with Crippen LogP contribution < -0.4 is 5.32 Å². The minimum atomic E-state index is -0.281. The van der Waals surface area contributed by atoms with Crippen LogP contribution in [-0.2, 0) is 11.3 Å². The number of fused-ring (bicyclic) bond motifs is 1. The predicted molar refractivity (Wildman–Crippen MR) is 101 cm³/mol. The summed E-state index contributed by atoms with van der Waals surface area (Å²) in [6.07, 6.45) is 0. The van der Waals surface area contributed by atoms with Crippen molar-refractivity contribution in [1.29, 1.82) is 0 Å². The van der Waals surface area contributed by atoms with Gasteiger partial charge in [0.05, 0.1) is 11.0 Å². The van der Waals surface area contributed by atoms with Gasteiger partial charge in [-0.25, -0.2) is 4.98 Å². The standard InChI is InChI=1S/C21H25N3O/c1-14(2)20(21(25)22-13-17-10-6-5-9-15(17)3)24-16(4)23-18-11-7-8-12-19(18)24/h5-12,14,20H,13H2,1-4H3,(H,22,25)/t20-/m1/s1. The molecule has 25 heavy (non-hydrogen) atoms. The molecule has 1 N–H and O–H groups in total. The Balaban J connectivity index is 1.89. The maximum Gasteiger partial charge on any atom is 0.243 e. The predicted octanol–water partition coefficient (Wildman–Crippen LogP) is 4.17. The van der Waals surface area contributed by atoms with Crippen molar-refractivity contribution in [2.24, 2.45) is 5.92 Å². The molecule has 0 aliphatic carbocycles.